The van der Waals surface area contributed by atoms with Crippen molar-refractivity contribution in [3.63, 3.8) is 0 Å². The van der Waals surface area contributed by atoms with Crippen molar-refractivity contribution >= 4 is 35.8 Å². The van der Waals surface area contributed by atoms with Crippen LogP contribution >= 0.6 is 24.0 Å². The van der Waals surface area contributed by atoms with Gasteiger partial charge in [-0.2, -0.15) is 0 Å². The lowest BCUT2D eigenvalue weighted by Gasteiger charge is -2.11. The van der Waals surface area contributed by atoms with Gasteiger partial charge in [0.1, 0.15) is 0 Å². The summed E-state index contributed by atoms with van der Waals surface area (Å²) in [6, 6.07) is 5.77. The van der Waals surface area contributed by atoms with Crippen molar-refractivity contribution in [3.8, 4) is 11.5 Å². The Kier molecular flexibility index (Phi) is 11.8. The maximum absolute atomic E-state index is 11.6. The highest BCUT2D eigenvalue weighted by Crippen LogP contribution is 2.27. The van der Waals surface area contributed by atoms with Crippen LogP contribution < -0.4 is 25.8 Å². The monoisotopic (exact) mass is 464 g/mol. The van der Waals surface area contributed by atoms with Gasteiger partial charge in [-0.1, -0.05) is 13.0 Å². The van der Waals surface area contributed by atoms with Crippen molar-refractivity contribution in [3.05, 3.63) is 23.8 Å². The molecular formula is C17H29IN4O3. The lowest BCUT2D eigenvalue weighted by Crippen LogP contribution is -2.37. The lowest BCUT2D eigenvalue weighted by atomic mass is 10.2. The van der Waals surface area contributed by atoms with Gasteiger partial charge >= 0.3 is 0 Å². The molecule has 1 amide bonds. The van der Waals surface area contributed by atoms with E-state index < -0.39 is 0 Å². The van der Waals surface area contributed by atoms with Crippen LogP contribution in [0.15, 0.2) is 23.2 Å². The zero-order valence-electron chi connectivity index (χ0n) is 15.3. The largest absolute Gasteiger partial charge is 0.493 e. The second kappa shape index (κ2) is 12.6. The van der Waals surface area contributed by atoms with Crippen molar-refractivity contribution in [1.29, 1.82) is 0 Å². The Balaban J connectivity index is 0.00000576. The average molecular weight is 464 g/mol. The number of nitrogens with zero attached hydrogens (tertiary/aromatic N) is 1. The molecule has 0 aliphatic heterocycles. The molecule has 0 heterocycles. The maximum atomic E-state index is 11.6. The molecule has 0 saturated heterocycles. The molecule has 1 atom stereocenters. The number of halogens is 1. The average Bonchev–Trinajstić information content (AvgIpc) is 2.59. The quantitative estimate of drug-likeness (QED) is 0.295. The Morgan fingerprint density at radius 1 is 1.28 bits per heavy atom. The van der Waals surface area contributed by atoms with Gasteiger partial charge in [0.2, 0.25) is 5.91 Å². The normalized spacial score (nSPS) is 11.9. The Bertz CT molecular complexity index is 567. The van der Waals surface area contributed by atoms with Crippen molar-refractivity contribution < 1.29 is 14.3 Å². The zero-order chi connectivity index (χ0) is 17.9. The van der Waals surface area contributed by atoms with E-state index in [4.69, 9.17) is 15.2 Å². The number of carbonyl (C=O) groups excluding carboxylic acids is 1. The second-order valence-corrected chi connectivity index (χ2v) is 5.44. The third kappa shape index (κ3) is 8.80. The first-order valence-electron chi connectivity index (χ1n) is 8.04. The van der Waals surface area contributed by atoms with Gasteiger partial charge in [0.15, 0.2) is 17.5 Å². The Hall–Kier alpha value is -1.71. The number of nitrogens with one attached hydrogen (secondary N) is 2. The molecule has 8 heteroatoms. The van der Waals surface area contributed by atoms with E-state index in [9.17, 15) is 4.79 Å². The van der Waals surface area contributed by atoms with E-state index in [0.29, 0.717) is 37.0 Å². The predicted molar refractivity (Wildman–Crippen MR) is 111 cm³/mol. The summed E-state index contributed by atoms with van der Waals surface area (Å²) in [5.41, 5.74) is 6.76. The Morgan fingerprint density at radius 3 is 2.56 bits per heavy atom. The molecule has 25 heavy (non-hydrogen) atoms. The summed E-state index contributed by atoms with van der Waals surface area (Å²) in [5, 5.41) is 5.84. The summed E-state index contributed by atoms with van der Waals surface area (Å²) in [7, 11) is 3.18. The van der Waals surface area contributed by atoms with Gasteiger partial charge in [-0.15, -0.1) is 24.0 Å². The fourth-order valence-corrected chi connectivity index (χ4v) is 1.96. The van der Waals surface area contributed by atoms with Gasteiger partial charge < -0.3 is 25.8 Å². The van der Waals surface area contributed by atoms with Gasteiger partial charge in [-0.05, 0) is 31.0 Å². The minimum atomic E-state index is 0. The number of nitrogens with two attached hydrogens (primary N) is 1. The van der Waals surface area contributed by atoms with Crippen LogP contribution in [-0.2, 0) is 11.3 Å². The van der Waals surface area contributed by atoms with Crippen LogP contribution in [-0.4, -0.2) is 38.7 Å². The first-order chi connectivity index (χ1) is 11.5. The summed E-state index contributed by atoms with van der Waals surface area (Å²) < 4.78 is 10.4. The summed E-state index contributed by atoms with van der Waals surface area (Å²) in [6.45, 7) is 4.87. The number of benzene rings is 1. The molecule has 4 N–H and O–H groups in total. The summed E-state index contributed by atoms with van der Waals surface area (Å²) in [5.74, 6) is 1.63. The molecule has 0 spiro atoms. The number of guanidine groups is 1. The minimum absolute atomic E-state index is 0. The van der Waals surface area contributed by atoms with E-state index in [2.05, 4.69) is 15.6 Å². The van der Waals surface area contributed by atoms with E-state index in [1.807, 2.05) is 32.0 Å². The van der Waals surface area contributed by atoms with Gasteiger partial charge in [0.25, 0.3) is 0 Å². The molecule has 7 nitrogen and oxygen atoms in total. The number of methoxy groups -OCH3 is 2. The highest BCUT2D eigenvalue weighted by Gasteiger charge is 2.06. The molecule has 0 saturated carbocycles. The van der Waals surface area contributed by atoms with Gasteiger partial charge in [-0.3, -0.25) is 4.79 Å². The van der Waals surface area contributed by atoms with E-state index >= 15 is 0 Å². The Morgan fingerprint density at radius 2 is 1.96 bits per heavy atom. The topological polar surface area (TPSA) is 98.0 Å². The van der Waals surface area contributed by atoms with Crippen LogP contribution in [0.5, 0.6) is 11.5 Å². The smallest absolute Gasteiger partial charge is 0.221 e. The molecule has 142 valence electrons. The first-order valence-corrected chi connectivity index (χ1v) is 8.04. The Labute approximate surface area is 166 Å². The van der Waals surface area contributed by atoms with Crippen LogP contribution in [0.25, 0.3) is 0 Å². The number of rotatable bonds is 9. The molecule has 0 aromatic heterocycles. The number of ether oxygens (including phenoxy) is 2. The van der Waals surface area contributed by atoms with Gasteiger partial charge in [0.05, 0.1) is 20.8 Å². The molecule has 0 aliphatic rings. The SMILES string of the molecule is CCC(C)NC(=O)CCNC(N)=NCc1ccc(OC)c(OC)c1.I. The lowest BCUT2D eigenvalue weighted by molar-refractivity contribution is -0.121. The third-order valence-corrected chi connectivity index (χ3v) is 3.56. The van der Waals surface area contributed by atoms with E-state index in [1.54, 1.807) is 14.2 Å². The molecule has 1 rings (SSSR count). The van der Waals surface area contributed by atoms with Crippen LogP contribution in [0.4, 0.5) is 0 Å². The molecule has 1 aromatic rings. The minimum Gasteiger partial charge on any atom is -0.493 e. The third-order valence-electron chi connectivity index (χ3n) is 3.56. The fourth-order valence-electron chi connectivity index (χ4n) is 1.96. The maximum Gasteiger partial charge on any atom is 0.221 e. The number of hydrogen-bond donors (Lipinski definition) is 3. The molecule has 0 aliphatic carbocycles. The summed E-state index contributed by atoms with van der Waals surface area (Å²) >= 11 is 0. The van der Waals surface area contributed by atoms with Crippen LogP contribution in [0.1, 0.15) is 32.3 Å². The van der Waals surface area contributed by atoms with E-state index in [1.165, 1.54) is 0 Å². The van der Waals surface area contributed by atoms with Crippen LogP contribution in [0.3, 0.4) is 0 Å². The molecule has 1 aromatic carbocycles. The molecular weight excluding hydrogens is 435 g/mol. The van der Waals surface area contributed by atoms with E-state index in [0.717, 1.165) is 12.0 Å². The highest BCUT2D eigenvalue weighted by atomic mass is 127. The van der Waals surface area contributed by atoms with Crippen LogP contribution in [0, 0.1) is 0 Å². The van der Waals surface area contributed by atoms with Gasteiger partial charge in [0, 0.05) is 19.0 Å². The number of aliphatic imine (C=N–C) groups is 1. The van der Waals surface area contributed by atoms with E-state index in [-0.39, 0.29) is 35.9 Å². The molecule has 0 fully saturated rings. The van der Waals surface area contributed by atoms with Crippen LogP contribution in [0.2, 0.25) is 0 Å². The molecule has 0 bridgehead atoms. The highest BCUT2D eigenvalue weighted by molar-refractivity contribution is 14.0. The standard InChI is InChI=1S/C17H28N4O3.HI/c1-5-12(2)21-16(22)8-9-19-17(18)20-11-13-6-7-14(23-3)15(10-13)24-4;/h6-7,10,12H,5,8-9,11H2,1-4H3,(H,21,22)(H3,18,19,20);1H. The fraction of sp³-hybridized carbons (Fsp3) is 0.529. The molecule has 0 radical (unpaired) electrons. The number of hydrogen-bond acceptors (Lipinski definition) is 4. The predicted octanol–water partition coefficient (Wildman–Crippen LogP) is 2.03. The first kappa shape index (κ1) is 23.3. The van der Waals surface area contributed by atoms with Crippen molar-refractivity contribution in [2.24, 2.45) is 10.7 Å². The van der Waals surface area contributed by atoms with Crippen molar-refractivity contribution in [2.75, 3.05) is 20.8 Å². The number of carbonyl (C=O) groups is 1. The summed E-state index contributed by atoms with van der Waals surface area (Å²) in [4.78, 5) is 15.9. The second-order valence-electron chi connectivity index (χ2n) is 5.44. The summed E-state index contributed by atoms with van der Waals surface area (Å²) in [6.07, 6.45) is 1.27. The van der Waals surface area contributed by atoms with Gasteiger partial charge in [-0.25, -0.2) is 4.99 Å². The molecule has 1 unspecified atom stereocenters. The number of amides is 1. The van der Waals surface area contributed by atoms with Crippen molar-refractivity contribution in [1.82, 2.24) is 10.6 Å². The zero-order valence-corrected chi connectivity index (χ0v) is 17.6. The van der Waals surface area contributed by atoms with Crippen molar-refractivity contribution in [2.45, 2.75) is 39.3 Å².